The third-order valence-electron chi connectivity index (χ3n) is 2.63. The number of amides is 2. The van der Waals surface area contributed by atoms with Crippen LogP contribution in [0.1, 0.15) is 20.8 Å². The third-order valence-corrected chi connectivity index (χ3v) is 3.48. The highest BCUT2D eigenvalue weighted by molar-refractivity contribution is 8.14. The molecule has 0 radical (unpaired) electrons. The highest BCUT2D eigenvalue weighted by atomic mass is 32.2. The summed E-state index contributed by atoms with van der Waals surface area (Å²) in [4.78, 5) is 47.1. The largest absolute Gasteiger partial charge is 0.465 e. The van der Waals surface area contributed by atoms with Crippen LogP contribution < -0.4 is 0 Å². The van der Waals surface area contributed by atoms with Gasteiger partial charge in [-0.1, -0.05) is 11.8 Å². The van der Waals surface area contributed by atoms with Crippen molar-refractivity contribution in [3.63, 3.8) is 0 Å². The van der Waals surface area contributed by atoms with Crippen LogP contribution >= 0.6 is 11.8 Å². The molecule has 1 aliphatic rings. The molecular weight excluding hydrogens is 258 g/mol. The van der Waals surface area contributed by atoms with Crippen molar-refractivity contribution in [2.45, 2.75) is 20.8 Å². The highest BCUT2D eigenvalue weighted by Gasteiger charge is 2.41. The first kappa shape index (κ1) is 14.7. The summed E-state index contributed by atoms with van der Waals surface area (Å²) in [6, 6.07) is 0. The van der Waals surface area contributed by atoms with Crippen LogP contribution in [0.4, 0.5) is 4.79 Å². The summed E-state index contributed by atoms with van der Waals surface area (Å²) in [5.74, 6) is -1.52. The van der Waals surface area contributed by atoms with Gasteiger partial charge in [-0.25, -0.2) is 0 Å². The zero-order chi connectivity index (χ0) is 13.9. The molecule has 100 valence electrons. The van der Waals surface area contributed by atoms with Gasteiger partial charge in [-0.05, 0) is 20.8 Å². The average Bonchev–Trinajstić information content (AvgIpc) is 2.61. The second-order valence-electron chi connectivity index (χ2n) is 4.30. The minimum Gasteiger partial charge on any atom is -0.465 e. The number of imide groups is 1. The molecule has 1 saturated heterocycles. The van der Waals surface area contributed by atoms with Gasteiger partial charge in [0.05, 0.1) is 18.9 Å². The lowest BCUT2D eigenvalue weighted by atomic mass is 9.88. The Balaban J connectivity index is 2.72. The Hall–Kier alpha value is -1.37. The number of ether oxygens (including phenoxy) is 1. The van der Waals surface area contributed by atoms with E-state index in [2.05, 4.69) is 0 Å². The topological polar surface area (TPSA) is 80.8 Å². The number of Topliss-reactive ketones (excluding diaryl/α,β-unsaturated/α-hetero) is 1. The van der Waals surface area contributed by atoms with Crippen LogP contribution in [0.15, 0.2) is 0 Å². The standard InChI is InChI=1S/C11H15NO5S/c1-4-17-9(15)11(2,3)7(13)5-12-8(14)6-18-10(12)16/h4-6H2,1-3H3. The molecule has 0 atom stereocenters. The van der Waals surface area contributed by atoms with Crippen LogP contribution in [-0.4, -0.2) is 46.7 Å². The van der Waals surface area contributed by atoms with Gasteiger partial charge in [0.25, 0.3) is 5.24 Å². The van der Waals surface area contributed by atoms with Crippen molar-refractivity contribution in [2.24, 2.45) is 5.41 Å². The quantitative estimate of drug-likeness (QED) is 0.545. The van der Waals surface area contributed by atoms with Crippen molar-refractivity contribution < 1.29 is 23.9 Å². The molecule has 7 heteroatoms. The average molecular weight is 273 g/mol. The molecule has 1 heterocycles. The summed E-state index contributed by atoms with van der Waals surface area (Å²) >= 11 is 0.854. The number of rotatable bonds is 5. The van der Waals surface area contributed by atoms with Crippen LogP contribution in [0.2, 0.25) is 0 Å². The van der Waals surface area contributed by atoms with Crippen molar-refractivity contribution in [1.82, 2.24) is 4.90 Å². The van der Waals surface area contributed by atoms with Crippen molar-refractivity contribution >= 4 is 34.7 Å². The first-order valence-electron chi connectivity index (χ1n) is 5.48. The summed E-state index contributed by atoms with van der Waals surface area (Å²) < 4.78 is 4.79. The van der Waals surface area contributed by atoms with Gasteiger partial charge in [-0.3, -0.25) is 24.1 Å². The summed E-state index contributed by atoms with van der Waals surface area (Å²) in [5, 5.41) is -0.451. The van der Waals surface area contributed by atoms with Crippen molar-refractivity contribution in [2.75, 3.05) is 18.9 Å². The Kier molecular flexibility index (Phi) is 4.50. The van der Waals surface area contributed by atoms with Gasteiger partial charge >= 0.3 is 5.97 Å². The number of carbonyl (C=O) groups excluding carboxylic acids is 4. The maximum Gasteiger partial charge on any atom is 0.319 e. The van der Waals surface area contributed by atoms with Crippen LogP contribution in [0.25, 0.3) is 0 Å². The van der Waals surface area contributed by atoms with Gasteiger partial charge in [0.1, 0.15) is 5.41 Å². The number of nitrogens with zero attached hydrogens (tertiary/aromatic N) is 1. The first-order chi connectivity index (χ1) is 8.30. The van der Waals surface area contributed by atoms with Gasteiger partial charge in [-0.15, -0.1) is 0 Å². The molecule has 0 aromatic heterocycles. The van der Waals surface area contributed by atoms with Crippen LogP contribution in [0, 0.1) is 5.41 Å². The van der Waals surface area contributed by atoms with Gasteiger partial charge in [0.2, 0.25) is 5.91 Å². The molecule has 1 rings (SSSR count). The first-order valence-corrected chi connectivity index (χ1v) is 6.47. The molecule has 0 unspecified atom stereocenters. The van der Waals surface area contributed by atoms with E-state index in [-0.39, 0.29) is 18.9 Å². The fourth-order valence-corrected chi connectivity index (χ4v) is 2.03. The molecule has 0 aliphatic carbocycles. The monoisotopic (exact) mass is 273 g/mol. The zero-order valence-electron chi connectivity index (χ0n) is 10.5. The fourth-order valence-electron chi connectivity index (χ4n) is 1.30. The molecule has 0 saturated carbocycles. The molecule has 1 aliphatic heterocycles. The van der Waals surface area contributed by atoms with E-state index in [1.165, 1.54) is 13.8 Å². The predicted molar refractivity (Wildman–Crippen MR) is 65.0 cm³/mol. The van der Waals surface area contributed by atoms with E-state index in [0.29, 0.717) is 0 Å². The lowest BCUT2D eigenvalue weighted by Crippen LogP contribution is -2.43. The Bertz CT molecular complexity index is 388. The second kappa shape index (κ2) is 5.51. The maximum atomic E-state index is 12.0. The van der Waals surface area contributed by atoms with E-state index in [0.717, 1.165) is 16.7 Å². The van der Waals surface area contributed by atoms with E-state index in [4.69, 9.17) is 4.74 Å². The SMILES string of the molecule is CCOC(=O)C(C)(C)C(=O)CN1C(=O)CSC1=O. The fraction of sp³-hybridized carbons (Fsp3) is 0.636. The maximum absolute atomic E-state index is 12.0. The molecule has 0 bridgehead atoms. The Morgan fingerprint density at radius 2 is 2.00 bits per heavy atom. The molecule has 0 N–H and O–H groups in total. The second-order valence-corrected chi connectivity index (χ2v) is 5.23. The van der Waals surface area contributed by atoms with E-state index in [1.54, 1.807) is 6.92 Å². The lowest BCUT2D eigenvalue weighted by Gasteiger charge is -2.22. The number of carbonyl (C=O) groups is 4. The molecule has 0 aromatic carbocycles. The number of hydrogen-bond acceptors (Lipinski definition) is 6. The summed E-state index contributed by atoms with van der Waals surface area (Å²) in [6.45, 7) is 4.28. The minimum absolute atomic E-state index is 0.0476. The van der Waals surface area contributed by atoms with Gasteiger partial charge in [-0.2, -0.15) is 0 Å². The van der Waals surface area contributed by atoms with Crippen LogP contribution in [-0.2, 0) is 19.1 Å². The van der Waals surface area contributed by atoms with Crippen LogP contribution in [0.5, 0.6) is 0 Å². The Morgan fingerprint density at radius 3 is 2.44 bits per heavy atom. The molecule has 1 fully saturated rings. The van der Waals surface area contributed by atoms with E-state index in [9.17, 15) is 19.2 Å². The summed E-state index contributed by atoms with van der Waals surface area (Å²) in [5.41, 5.74) is -1.36. The van der Waals surface area contributed by atoms with Crippen LogP contribution in [0.3, 0.4) is 0 Å². The van der Waals surface area contributed by atoms with Crippen molar-refractivity contribution in [1.29, 1.82) is 0 Å². The number of thioether (sulfide) groups is 1. The molecule has 18 heavy (non-hydrogen) atoms. The summed E-state index contributed by atoms with van der Waals surface area (Å²) in [7, 11) is 0. The number of hydrogen-bond donors (Lipinski definition) is 0. The van der Waals surface area contributed by atoms with E-state index in [1.807, 2.05) is 0 Å². The predicted octanol–water partition coefficient (Wildman–Crippen LogP) is 0.840. The smallest absolute Gasteiger partial charge is 0.319 e. The normalized spacial score (nSPS) is 16.1. The highest BCUT2D eigenvalue weighted by Crippen LogP contribution is 2.23. The zero-order valence-corrected chi connectivity index (χ0v) is 11.3. The van der Waals surface area contributed by atoms with Gasteiger partial charge < -0.3 is 4.74 Å². The Morgan fingerprint density at radius 1 is 1.39 bits per heavy atom. The lowest BCUT2D eigenvalue weighted by molar-refractivity contribution is -0.158. The van der Waals surface area contributed by atoms with Crippen molar-refractivity contribution in [3.8, 4) is 0 Å². The molecule has 0 aromatic rings. The molecule has 6 nitrogen and oxygen atoms in total. The summed E-state index contributed by atoms with van der Waals surface area (Å²) in [6.07, 6.45) is 0. The third kappa shape index (κ3) is 2.90. The Labute approximate surface area is 109 Å². The number of ketones is 1. The molecule has 0 spiro atoms. The minimum atomic E-state index is -1.36. The van der Waals surface area contributed by atoms with Gasteiger partial charge in [0.15, 0.2) is 5.78 Å². The number of esters is 1. The van der Waals surface area contributed by atoms with E-state index >= 15 is 0 Å². The molecule has 2 amide bonds. The van der Waals surface area contributed by atoms with E-state index < -0.39 is 28.3 Å². The van der Waals surface area contributed by atoms with Crippen molar-refractivity contribution in [3.05, 3.63) is 0 Å². The van der Waals surface area contributed by atoms with Gasteiger partial charge in [0, 0.05) is 0 Å². The molecular formula is C11H15NO5S.